The molecule has 1 unspecified atom stereocenters. The standard InChI is InChI=1S/C14H21N3O3S/c1-11(17-9-7-15-8-10-17)14(18)16-12-5-3-4-6-13(12)21(2,19)20/h3-6,11,15H,7-10H2,1-2H3,(H,16,18). The lowest BCUT2D eigenvalue weighted by atomic mass is 10.2. The molecule has 0 aliphatic carbocycles. The number of benzene rings is 1. The van der Waals surface area contributed by atoms with Crippen molar-refractivity contribution in [1.29, 1.82) is 0 Å². The predicted molar refractivity (Wildman–Crippen MR) is 82.1 cm³/mol. The molecule has 1 atom stereocenters. The molecule has 2 N–H and O–H groups in total. The summed E-state index contributed by atoms with van der Waals surface area (Å²) in [5.41, 5.74) is 0.340. The van der Waals surface area contributed by atoms with Gasteiger partial charge in [-0.05, 0) is 19.1 Å². The van der Waals surface area contributed by atoms with E-state index < -0.39 is 9.84 Å². The smallest absolute Gasteiger partial charge is 0.241 e. The molecule has 0 spiro atoms. The molecule has 1 fully saturated rings. The number of amides is 1. The summed E-state index contributed by atoms with van der Waals surface area (Å²) in [7, 11) is -3.37. The number of hydrogen-bond donors (Lipinski definition) is 2. The van der Waals surface area contributed by atoms with E-state index in [1.165, 1.54) is 6.07 Å². The van der Waals surface area contributed by atoms with Gasteiger partial charge in [-0.25, -0.2) is 8.42 Å². The number of nitrogens with zero attached hydrogens (tertiary/aromatic N) is 1. The number of carbonyl (C=O) groups excluding carboxylic acids is 1. The summed E-state index contributed by atoms with van der Waals surface area (Å²) < 4.78 is 23.5. The molecule has 1 aliphatic rings. The van der Waals surface area contributed by atoms with E-state index in [4.69, 9.17) is 0 Å². The van der Waals surface area contributed by atoms with Crippen LogP contribution in [-0.2, 0) is 14.6 Å². The molecule has 116 valence electrons. The van der Waals surface area contributed by atoms with Crippen molar-refractivity contribution < 1.29 is 13.2 Å². The largest absolute Gasteiger partial charge is 0.324 e. The highest BCUT2D eigenvalue weighted by Crippen LogP contribution is 2.21. The van der Waals surface area contributed by atoms with Crippen LogP contribution in [0.4, 0.5) is 5.69 Å². The highest BCUT2D eigenvalue weighted by molar-refractivity contribution is 7.90. The van der Waals surface area contributed by atoms with Crippen LogP contribution in [0, 0.1) is 0 Å². The molecule has 1 aliphatic heterocycles. The van der Waals surface area contributed by atoms with Crippen molar-refractivity contribution in [2.24, 2.45) is 0 Å². The average molecular weight is 311 g/mol. The Morgan fingerprint density at radius 1 is 1.29 bits per heavy atom. The molecule has 21 heavy (non-hydrogen) atoms. The number of rotatable bonds is 4. The van der Waals surface area contributed by atoms with Crippen molar-refractivity contribution in [1.82, 2.24) is 10.2 Å². The molecule has 0 bridgehead atoms. The minimum absolute atomic E-state index is 0.144. The Labute approximate surface area is 125 Å². The maximum absolute atomic E-state index is 12.3. The first kappa shape index (κ1) is 15.9. The van der Waals surface area contributed by atoms with Gasteiger partial charge in [-0.15, -0.1) is 0 Å². The highest BCUT2D eigenvalue weighted by atomic mass is 32.2. The first-order chi connectivity index (χ1) is 9.89. The first-order valence-electron chi connectivity index (χ1n) is 6.94. The minimum Gasteiger partial charge on any atom is -0.324 e. The van der Waals surface area contributed by atoms with Crippen molar-refractivity contribution in [2.45, 2.75) is 17.9 Å². The molecule has 1 aromatic rings. The fraction of sp³-hybridized carbons (Fsp3) is 0.500. The van der Waals surface area contributed by atoms with Crippen molar-refractivity contribution in [3.8, 4) is 0 Å². The minimum atomic E-state index is -3.37. The fourth-order valence-electron chi connectivity index (χ4n) is 2.37. The van der Waals surface area contributed by atoms with Crippen LogP contribution in [-0.4, -0.2) is 57.7 Å². The fourth-order valence-corrected chi connectivity index (χ4v) is 3.21. The third kappa shape index (κ3) is 4.03. The van der Waals surface area contributed by atoms with Gasteiger partial charge in [-0.2, -0.15) is 0 Å². The second-order valence-electron chi connectivity index (χ2n) is 5.22. The van der Waals surface area contributed by atoms with Crippen LogP contribution in [0.5, 0.6) is 0 Å². The molecular formula is C14H21N3O3S. The van der Waals surface area contributed by atoms with Crippen LogP contribution in [0.3, 0.4) is 0 Å². The number of nitrogens with one attached hydrogen (secondary N) is 2. The Morgan fingerprint density at radius 3 is 2.52 bits per heavy atom. The Hall–Kier alpha value is -1.44. The van der Waals surface area contributed by atoms with E-state index >= 15 is 0 Å². The van der Waals surface area contributed by atoms with E-state index in [0.29, 0.717) is 5.69 Å². The van der Waals surface area contributed by atoms with Gasteiger partial charge in [-0.3, -0.25) is 9.69 Å². The SMILES string of the molecule is CC(C(=O)Nc1ccccc1S(C)(=O)=O)N1CCNCC1. The molecule has 1 aromatic carbocycles. The van der Waals surface area contributed by atoms with Gasteiger partial charge < -0.3 is 10.6 Å². The molecule has 1 amide bonds. The monoisotopic (exact) mass is 311 g/mol. The van der Waals surface area contributed by atoms with Crippen LogP contribution in [0.25, 0.3) is 0 Å². The third-order valence-electron chi connectivity index (χ3n) is 3.62. The highest BCUT2D eigenvalue weighted by Gasteiger charge is 2.24. The van der Waals surface area contributed by atoms with Gasteiger partial charge in [0.1, 0.15) is 0 Å². The topological polar surface area (TPSA) is 78.5 Å². The molecule has 2 rings (SSSR count). The maximum atomic E-state index is 12.3. The Balaban J connectivity index is 2.12. The van der Waals surface area contributed by atoms with Gasteiger partial charge in [0.05, 0.1) is 16.6 Å². The molecule has 0 aromatic heterocycles. The van der Waals surface area contributed by atoms with Gasteiger partial charge >= 0.3 is 0 Å². The Kier molecular flexibility index (Phi) is 4.97. The number of anilines is 1. The molecule has 0 saturated carbocycles. The van der Waals surface area contributed by atoms with E-state index in [-0.39, 0.29) is 16.8 Å². The van der Waals surface area contributed by atoms with E-state index in [9.17, 15) is 13.2 Å². The van der Waals surface area contributed by atoms with Crippen LogP contribution < -0.4 is 10.6 Å². The van der Waals surface area contributed by atoms with E-state index in [1.807, 2.05) is 6.92 Å². The van der Waals surface area contributed by atoms with Gasteiger partial charge in [0, 0.05) is 32.4 Å². The summed E-state index contributed by atoms with van der Waals surface area (Å²) in [6, 6.07) is 6.17. The van der Waals surface area contributed by atoms with Gasteiger partial charge in [0.15, 0.2) is 9.84 Å². The van der Waals surface area contributed by atoms with Crippen LogP contribution in [0.1, 0.15) is 6.92 Å². The van der Waals surface area contributed by atoms with Crippen molar-refractivity contribution in [3.63, 3.8) is 0 Å². The molecule has 7 heteroatoms. The van der Waals surface area contributed by atoms with Gasteiger partial charge in [-0.1, -0.05) is 12.1 Å². The number of piperazine rings is 1. The van der Waals surface area contributed by atoms with Crippen molar-refractivity contribution >= 4 is 21.4 Å². The first-order valence-corrected chi connectivity index (χ1v) is 8.83. The van der Waals surface area contributed by atoms with Crippen molar-refractivity contribution in [3.05, 3.63) is 24.3 Å². The summed E-state index contributed by atoms with van der Waals surface area (Å²) in [6.07, 6.45) is 1.14. The predicted octanol–water partition coefficient (Wildman–Crippen LogP) is 0.322. The summed E-state index contributed by atoms with van der Waals surface area (Å²) >= 11 is 0. The number of carbonyl (C=O) groups is 1. The molecule has 1 saturated heterocycles. The summed E-state index contributed by atoms with van der Waals surface area (Å²) in [5.74, 6) is -0.187. The second kappa shape index (κ2) is 6.55. The third-order valence-corrected chi connectivity index (χ3v) is 4.78. The van der Waals surface area contributed by atoms with E-state index in [2.05, 4.69) is 15.5 Å². The normalized spacial score (nSPS) is 18.2. The van der Waals surface area contributed by atoms with Crippen LogP contribution in [0.2, 0.25) is 0 Å². The summed E-state index contributed by atoms with van der Waals surface area (Å²) in [5, 5.41) is 5.97. The van der Waals surface area contributed by atoms with Gasteiger partial charge in [0.2, 0.25) is 5.91 Å². The zero-order chi connectivity index (χ0) is 15.5. The quantitative estimate of drug-likeness (QED) is 0.837. The van der Waals surface area contributed by atoms with E-state index in [0.717, 1.165) is 32.4 Å². The summed E-state index contributed by atoms with van der Waals surface area (Å²) in [4.78, 5) is 14.5. The molecule has 6 nitrogen and oxygen atoms in total. The zero-order valence-electron chi connectivity index (χ0n) is 12.3. The lowest BCUT2D eigenvalue weighted by Crippen LogP contribution is -2.51. The maximum Gasteiger partial charge on any atom is 0.241 e. The van der Waals surface area contributed by atoms with Crippen LogP contribution in [0.15, 0.2) is 29.2 Å². The number of hydrogen-bond acceptors (Lipinski definition) is 5. The zero-order valence-corrected chi connectivity index (χ0v) is 13.1. The summed E-state index contributed by atoms with van der Waals surface area (Å²) in [6.45, 7) is 5.17. The number of para-hydroxylation sites is 1. The Bertz CT molecular complexity index is 610. The average Bonchev–Trinajstić information content (AvgIpc) is 2.47. The van der Waals surface area contributed by atoms with Crippen LogP contribution >= 0.6 is 0 Å². The number of sulfone groups is 1. The Morgan fingerprint density at radius 2 is 1.90 bits per heavy atom. The lowest BCUT2D eigenvalue weighted by Gasteiger charge is -2.31. The van der Waals surface area contributed by atoms with E-state index in [1.54, 1.807) is 18.2 Å². The molecule has 1 heterocycles. The van der Waals surface area contributed by atoms with Crippen molar-refractivity contribution in [2.75, 3.05) is 37.8 Å². The van der Waals surface area contributed by atoms with Gasteiger partial charge in [0.25, 0.3) is 0 Å². The second-order valence-corrected chi connectivity index (χ2v) is 7.20. The molecule has 0 radical (unpaired) electrons. The molecular weight excluding hydrogens is 290 g/mol. The lowest BCUT2D eigenvalue weighted by molar-refractivity contribution is -0.121.